The Balaban J connectivity index is 2.13. The lowest BCUT2D eigenvalue weighted by molar-refractivity contribution is 0.0740. The molecular formula is C14H17ClINO. The molecule has 2 rings (SSSR count). The minimum Gasteiger partial charge on any atom is -0.336 e. The molecule has 1 amide bonds. The Bertz CT molecular complexity index is 445. The molecule has 0 radical (unpaired) electrons. The van der Waals surface area contributed by atoms with E-state index in [4.69, 9.17) is 11.6 Å². The van der Waals surface area contributed by atoms with Crippen molar-refractivity contribution < 1.29 is 4.79 Å². The number of rotatable bonds is 5. The Kier molecular flexibility index (Phi) is 4.90. The maximum atomic E-state index is 12.5. The van der Waals surface area contributed by atoms with Crippen molar-refractivity contribution in [2.75, 3.05) is 6.54 Å². The number of carbonyl (C=O) groups excluding carboxylic acids is 1. The topological polar surface area (TPSA) is 20.3 Å². The number of hydrogen-bond acceptors (Lipinski definition) is 1. The maximum absolute atomic E-state index is 12.5. The Labute approximate surface area is 127 Å². The molecule has 0 aromatic heterocycles. The molecule has 1 saturated carbocycles. The van der Waals surface area contributed by atoms with Gasteiger partial charge < -0.3 is 4.90 Å². The van der Waals surface area contributed by atoms with E-state index in [9.17, 15) is 4.79 Å². The van der Waals surface area contributed by atoms with Crippen molar-refractivity contribution in [1.82, 2.24) is 4.90 Å². The van der Waals surface area contributed by atoms with Gasteiger partial charge in [0, 0.05) is 21.7 Å². The molecule has 0 unspecified atom stereocenters. The Morgan fingerprint density at radius 3 is 2.78 bits per heavy atom. The van der Waals surface area contributed by atoms with E-state index in [0.717, 1.165) is 35.8 Å². The van der Waals surface area contributed by atoms with Crippen molar-refractivity contribution in [3.05, 3.63) is 32.4 Å². The van der Waals surface area contributed by atoms with Crippen LogP contribution >= 0.6 is 34.2 Å². The summed E-state index contributed by atoms with van der Waals surface area (Å²) in [7, 11) is 0. The first-order valence-corrected chi connectivity index (χ1v) is 7.85. The molecule has 4 heteroatoms. The third kappa shape index (κ3) is 3.38. The molecular weight excluding hydrogens is 361 g/mol. The first-order chi connectivity index (χ1) is 8.63. The van der Waals surface area contributed by atoms with Gasteiger partial charge in [-0.05, 0) is 60.1 Å². The van der Waals surface area contributed by atoms with Gasteiger partial charge in [-0.25, -0.2) is 0 Å². The number of unbranched alkanes of at least 4 members (excludes halogenated alkanes) is 1. The zero-order chi connectivity index (χ0) is 13.1. The fraction of sp³-hybridized carbons (Fsp3) is 0.500. The number of benzene rings is 1. The highest BCUT2D eigenvalue weighted by Crippen LogP contribution is 2.29. The fourth-order valence-electron chi connectivity index (χ4n) is 1.96. The highest BCUT2D eigenvalue weighted by atomic mass is 127. The van der Waals surface area contributed by atoms with Crippen LogP contribution in [0.3, 0.4) is 0 Å². The number of halogens is 2. The van der Waals surface area contributed by atoms with E-state index in [1.807, 2.05) is 17.0 Å². The molecule has 1 aliphatic carbocycles. The van der Waals surface area contributed by atoms with E-state index in [-0.39, 0.29) is 5.91 Å². The van der Waals surface area contributed by atoms with Crippen LogP contribution < -0.4 is 0 Å². The number of nitrogens with zero attached hydrogens (tertiary/aromatic N) is 1. The first kappa shape index (κ1) is 14.1. The summed E-state index contributed by atoms with van der Waals surface area (Å²) in [5, 5.41) is 0.660. The van der Waals surface area contributed by atoms with Crippen LogP contribution in [0.2, 0.25) is 5.02 Å². The predicted octanol–water partition coefficient (Wildman–Crippen LogP) is 4.35. The molecule has 0 saturated heterocycles. The molecule has 0 spiro atoms. The fourth-order valence-corrected chi connectivity index (χ4v) is 2.48. The second-order valence-electron chi connectivity index (χ2n) is 4.71. The molecule has 0 atom stereocenters. The average molecular weight is 378 g/mol. The van der Waals surface area contributed by atoms with Gasteiger partial charge in [0.15, 0.2) is 0 Å². The Morgan fingerprint density at radius 1 is 1.50 bits per heavy atom. The smallest absolute Gasteiger partial charge is 0.254 e. The molecule has 1 fully saturated rings. The standard InChI is InChI=1S/C14H17ClINO/c1-2-3-8-17(11-5-6-11)14(18)10-4-7-13(16)12(15)9-10/h4,7,9,11H,2-3,5-6,8H2,1H3. The zero-order valence-corrected chi connectivity index (χ0v) is 13.4. The summed E-state index contributed by atoms with van der Waals surface area (Å²) in [4.78, 5) is 14.5. The third-order valence-corrected chi connectivity index (χ3v) is 4.74. The molecule has 1 aromatic carbocycles. The molecule has 0 aliphatic heterocycles. The molecule has 1 aliphatic rings. The minimum atomic E-state index is 0.129. The van der Waals surface area contributed by atoms with Crippen LogP contribution in [0.4, 0.5) is 0 Å². The van der Waals surface area contributed by atoms with E-state index in [0.29, 0.717) is 16.6 Å². The lowest BCUT2D eigenvalue weighted by atomic mass is 10.2. The van der Waals surface area contributed by atoms with Crippen molar-refractivity contribution in [1.29, 1.82) is 0 Å². The monoisotopic (exact) mass is 377 g/mol. The van der Waals surface area contributed by atoms with E-state index in [2.05, 4.69) is 29.5 Å². The Morgan fingerprint density at radius 2 is 2.22 bits per heavy atom. The second kappa shape index (κ2) is 6.24. The van der Waals surface area contributed by atoms with Crippen LogP contribution in [0.1, 0.15) is 43.0 Å². The van der Waals surface area contributed by atoms with Crippen LogP contribution in [0.15, 0.2) is 18.2 Å². The summed E-state index contributed by atoms with van der Waals surface area (Å²) in [6, 6.07) is 6.02. The van der Waals surface area contributed by atoms with Gasteiger partial charge in [0.1, 0.15) is 0 Å². The van der Waals surface area contributed by atoms with Gasteiger partial charge in [0.05, 0.1) is 5.02 Å². The summed E-state index contributed by atoms with van der Waals surface area (Å²) in [5.74, 6) is 0.129. The predicted molar refractivity (Wildman–Crippen MR) is 83.1 cm³/mol. The largest absolute Gasteiger partial charge is 0.336 e. The van der Waals surface area contributed by atoms with Crippen molar-refractivity contribution >= 4 is 40.1 Å². The quantitative estimate of drug-likeness (QED) is 0.699. The van der Waals surface area contributed by atoms with E-state index < -0.39 is 0 Å². The number of carbonyl (C=O) groups is 1. The summed E-state index contributed by atoms with van der Waals surface area (Å²) in [5.41, 5.74) is 0.711. The van der Waals surface area contributed by atoms with Crippen molar-refractivity contribution in [3.63, 3.8) is 0 Å². The third-order valence-electron chi connectivity index (χ3n) is 3.17. The summed E-state index contributed by atoms with van der Waals surface area (Å²) in [6.45, 7) is 3.01. The van der Waals surface area contributed by atoms with E-state index in [1.165, 1.54) is 0 Å². The van der Waals surface area contributed by atoms with Gasteiger partial charge in [-0.3, -0.25) is 4.79 Å². The minimum absolute atomic E-state index is 0.129. The van der Waals surface area contributed by atoms with Crippen molar-refractivity contribution in [2.45, 2.75) is 38.6 Å². The molecule has 18 heavy (non-hydrogen) atoms. The lowest BCUT2D eigenvalue weighted by Gasteiger charge is -2.22. The molecule has 0 N–H and O–H groups in total. The molecule has 1 aromatic rings. The highest BCUT2D eigenvalue weighted by molar-refractivity contribution is 14.1. The van der Waals surface area contributed by atoms with Crippen molar-refractivity contribution in [3.8, 4) is 0 Å². The summed E-state index contributed by atoms with van der Waals surface area (Å²) < 4.78 is 0.984. The maximum Gasteiger partial charge on any atom is 0.254 e. The van der Waals surface area contributed by atoms with Crippen LogP contribution in [0.25, 0.3) is 0 Å². The Hall–Kier alpha value is -0.290. The summed E-state index contributed by atoms with van der Waals surface area (Å²) in [6.07, 6.45) is 4.48. The zero-order valence-electron chi connectivity index (χ0n) is 10.5. The number of hydrogen-bond donors (Lipinski definition) is 0. The average Bonchev–Trinajstić information content (AvgIpc) is 3.17. The highest BCUT2D eigenvalue weighted by Gasteiger charge is 2.32. The van der Waals surface area contributed by atoms with Crippen LogP contribution in [-0.2, 0) is 0 Å². The SMILES string of the molecule is CCCCN(C(=O)c1ccc(I)c(Cl)c1)C1CC1. The second-order valence-corrected chi connectivity index (χ2v) is 6.28. The first-order valence-electron chi connectivity index (χ1n) is 6.39. The molecule has 98 valence electrons. The van der Waals surface area contributed by atoms with Crippen LogP contribution in [-0.4, -0.2) is 23.4 Å². The normalized spacial score (nSPS) is 14.6. The van der Waals surface area contributed by atoms with E-state index >= 15 is 0 Å². The van der Waals surface area contributed by atoms with Crippen LogP contribution in [0, 0.1) is 3.57 Å². The van der Waals surface area contributed by atoms with Gasteiger partial charge in [0.2, 0.25) is 0 Å². The summed E-state index contributed by atoms with van der Waals surface area (Å²) >= 11 is 8.26. The van der Waals surface area contributed by atoms with E-state index in [1.54, 1.807) is 6.07 Å². The number of amides is 1. The molecule has 2 nitrogen and oxygen atoms in total. The molecule has 0 bridgehead atoms. The van der Waals surface area contributed by atoms with Gasteiger partial charge >= 0.3 is 0 Å². The van der Waals surface area contributed by atoms with Gasteiger partial charge in [-0.2, -0.15) is 0 Å². The van der Waals surface area contributed by atoms with Crippen molar-refractivity contribution in [2.24, 2.45) is 0 Å². The lowest BCUT2D eigenvalue weighted by Crippen LogP contribution is -2.34. The van der Waals surface area contributed by atoms with Gasteiger partial charge in [-0.15, -0.1) is 0 Å². The van der Waals surface area contributed by atoms with Gasteiger partial charge in [-0.1, -0.05) is 24.9 Å². The molecule has 0 heterocycles. The van der Waals surface area contributed by atoms with Gasteiger partial charge in [0.25, 0.3) is 5.91 Å². The van der Waals surface area contributed by atoms with Crippen LogP contribution in [0.5, 0.6) is 0 Å².